The lowest BCUT2D eigenvalue weighted by atomic mass is 9.94. The molecule has 2 heterocycles. The van der Waals surface area contributed by atoms with Gasteiger partial charge in [-0.2, -0.15) is 5.10 Å². The molecule has 3 rings (SSSR count). The Bertz CT molecular complexity index is 798. The van der Waals surface area contributed by atoms with Gasteiger partial charge in [-0.15, -0.1) is 0 Å². The van der Waals surface area contributed by atoms with Gasteiger partial charge in [0.05, 0.1) is 10.6 Å². The summed E-state index contributed by atoms with van der Waals surface area (Å²) >= 11 is 0. The van der Waals surface area contributed by atoms with E-state index in [1.807, 2.05) is 11.0 Å². The normalized spacial score (nSPS) is 18.5. The smallest absolute Gasteiger partial charge is 0.253 e. The number of carbonyl (C=O) groups is 1. The van der Waals surface area contributed by atoms with Crippen LogP contribution in [-0.2, 0) is 9.84 Å². The number of rotatable bonds is 4. The summed E-state index contributed by atoms with van der Waals surface area (Å²) in [5.41, 5.74) is 1.58. The number of nitrogens with zero attached hydrogens (tertiary/aromatic N) is 2. The summed E-state index contributed by atoms with van der Waals surface area (Å²) in [6, 6.07) is 8.18. The molecule has 2 aromatic rings. The van der Waals surface area contributed by atoms with E-state index in [0.717, 1.165) is 25.1 Å². The second-order valence-corrected chi connectivity index (χ2v) is 8.31. The average molecular weight is 347 g/mol. The molecule has 1 saturated heterocycles. The molecule has 7 heteroatoms. The Kier molecular flexibility index (Phi) is 4.71. The van der Waals surface area contributed by atoms with E-state index in [2.05, 4.69) is 10.2 Å². The number of benzene rings is 1. The molecule has 24 heavy (non-hydrogen) atoms. The number of hydrogen-bond donors (Lipinski definition) is 1. The average Bonchev–Trinajstić information content (AvgIpc) is 3.16. The van der Waals surface area contributed by atoms with Crippen molar-refractivity contribution in [1.29, 1.82) is 0 Å². The molecule has 0 unspecified atom stereocenters. The number of sulfone groups is 1. The summed E-state index contributed by atoms with van der Waals surface area (Å²) in [6.45, 7) is 2.98. The van der Waals surface area contributed by atoms with Gasteiger partial charge in [-0.05, 0) is 43.2 Å². The molecule has 1 aliphatic heterocycles. The van der Waals surface area contributed by atoms with Crippen LogP contribution in [0.2, 0.25) is 0 Å². The Hall–Kier alpha value is -2.15. The van der Waals surface area contributed by atoms with Crippen LogP contribution in [0.3, 0.4) is 0 Å². The number of aromatic amines is 1. The topological polar surface area (TPSA) is 83.1 Å². The molecule has 1 aromatic carbocycles. The number of likely N-dealkylation sites (tertiary alicyclic amines) is 1. The summed E-state index contributed by atoms with van der Waals surface area (Å²) in [6.07, 6.45) is 3.69. The molecule has 0 spiro atoms. The molecule has 0 bridgehead atoms. The first-order chi connectivity index (χ1) is 11.5. The van der Waals surface area contributed by atoms with Crippen molar-refractivity contribution in [2.24, 2.45) is 0 Å². The van der Waals surface area contributed by atoms with Crippen LogP contribution in [-0.4, -0.2) is 48.3 Å². The van der Waals surface area contributed by atoms with E-state index < -0.39 is 9.84 Å². The highest BCUT2D eigenvalue weighted by atomic mass is 32.2. The van der Waals surface area contributed by atoms with E-state index in [0.29, 0.717) is 12.1 Å². The Balaban J connectivity index is 1.74. The maximum atomic E-state index is 12.7. The number of carbonyl (C=O) groups excluding carboxylic acids is 1. The number of nitrogens with one attached hydrogen (secondary N) is 1. The van der Waals surface area contributed by atoms with Gasteiger partial charge in [0.15, 0.2) is 9.84 Å². The van der Waals surface area contributed by atoms with Gasteiger partial charge in [0.25, 0.3) is 5.91 Å². The van der Waals surface area contributed by atoms with Gasteiger partial charge in [-0.1, -0.05) is 6.92 Å². The summed E-state index contributed by atoms with van der Waals surface area (Å²) in [4.78, 5) is 14.8. The maximum Gasteiger partial charge on any atom is 0.253 e. The summed E-state index contributed by atoms with van der Waals surface area (Å²) in [5, 5.41) is 6.96. The molecular weight excluding hydrogens is 326 g/mol. The van der Waals surface area contributed by atoms with Crippen molar-refractivity contribution in [3.05, 3.63) is 47.8 Å². The van der Waals surface area contributed by atoms with E-state index in [9.17, 15) is 13.2 Å². The third-order valence-electron chi connectivity index (χ3n) is 4.51. The van der Waals surface area contributed by atoms with Crippen molar-refractivity contribution in [2.75, 3.05) is 18.8 Å². The molecular formula is C17H21N3O3S. The van der Waals surface area contributed by atoms with Crippen LogP contribution in [0.15, 0.2) is 41.4 Å². The Morgan fingerprint density at radius 1 is 1.29 bits per heavy atom. The first-order valence-corrected chi connectivity index (χ1v) is 9.78. The molecule has 0 aliphatic carbocycles. The van der Waals surface area contributed by atoms with Crippen LogP contribution in [0, 0.1) is 0 Å². The van der Waals surface area contributed by atoms with Crippen molar-refractivity contribution < 1.29 is 13.2 Å². The van der Waals surface area contributed by atoms with Gasteiger partial charge in [-0.3, -0.25) is 9.89 Å². The van der Waals surface area contributed by atoms with Crippen LogP contribution >= 0.6 is 0 Å². The molecule has 128 valence electrons. The van der Waals surface area contributed by atoms with Crippen molar-refractivity contribution in [3.8, 4) is 0 Å². The van der Waals surface area contributed by atoms with Gasteiger partial charge < -0.3 is 4.90 Å². The van der Waals surface area contributed by atoms with E-state index in [1.54, 1.807) is 25.3 Å². The number of hydrogen-bond acceptors (Lipinski definition) is 4. The standard InChI is InChI=1S/C17H21N3O3S/c1-2-24(22,23)15-7-5-13(6-8-15)17(21)20-11-3-4-14(12-20)16-9-10-18-19-16/h5-10,14H,2-4,11-12H2,1H3,(H,18,19)/t14-/m0/s1. The van der Waals surface area contributed by atoms with Crippen LogP contribution in [0.4, 0.5) is 0 Å². The molecule has 0 saturated carbocycles. The minimum absolute atomic E-state index is 0.0538. The van der Waals surface area contributed by atoms with E-state index in [4.69, 9.17) is 0 Å². The molecule has 1 N–H and O–H groups in total. The maximum absolute atomic E-state index is 12.7. The zero-order valence-corrected chi connectivity index (χ0v) is 14.4. The van der Waals surface area contributed by atoms with Crippen LogP contribution in [0.25, 0.3) is 0 Å². The van der Waals surface area contributed by atoms with Crippen molar-refractivity contribution in [1.82, 2.24) is 15.1 Å². The number of aromatic nitrogens is 2. The number of amides is 1. The van der Waals surface area contributed by atoms with Crippen LogP contribution < -0.4 is 0 Å². The monoisotopic (exact) mass is 347 g/mol. The summed E-state index contributed by atoms with van der Waals surface area (Å²) < 4.78 is 23.7. The lowest BCUT2D eigenvalue weighted by Gasteiger charge is -2.32. The first kappa shape index (κ1) is 16.7. The molecule has 1 aromatic heterocycles. The Labute approximate surface area is 141 Å². The highest BCUT2D eigenvalue weighted by molar-refractivity contribution is 7.91. The van der Waals surface area contributed by atoms with Crippen molar-refractivity contribution in [2.45, 2.75) is 30.6 Å². The largest absolute Gasteiger partial charge is 0.338 e. The zero-order valence-electron chi connectivity index (χ0n) is 13.6. The zero-order chi connectivity index (χ0) is 17.2. The van der Waals surface area contributed by atoms with E-state index in [-0.39, 0.29) is 22.5 Å². The summed E-state index contributed by atoms with van der Waals surface area (Å²) in [7, 11) is -3.24. The second kappa shape index (κ2) is 6.76. The molecule has 1 atom stereocenters. The third-order valence-corrected chi connectivity index (χ3v) is 6.26. The number of piperidine rings is 1. The molecule has 1 amide bonds. The molecule has 6 nitrogen and oxygen atoms in total. The first-order valence-electron chi connectivity index (χ1n) is 8.12. The van der Waals surface area contributed by atoms with Crippen LogP contribution in [0.1, 0.15) is 41.7 Å². The van der Waals surface area contributed by atoms with Gasteiger partial charge >= 0.3 is 0 Å². The van der Waals surface area contributed by atoms with Gasteiger partial charge in [0, 0.05) is 36.5 Å². The predicted molar refractivity (Wildman–Crippen MR) is 90.6 cm³/mol. The van der Waals surface area contributed by atoms with Crippen molar-refractivity contribution in [3.63, 3.8) is 0 Å². The highest BCUT2D eigenvalue weighted by Crippen LogP contribution is 2.26. The Morgan fingerprint density at radius 3 is 2.67 bits per heavy atom. The molecule has 0 radical (unpaired) electrons. The number of H-pyrrole nitrogens is 1. The lowest BCUT2D eigenvalue weighted by Crippen LogP contribution is -2.39. The van der Waals surface area contributed by atoms with E-state index >= 15 is 0 Å². The SMILES string of the molecule is CCS(=O)(=O)c1ccc(C(=O)N2CCC[C@H](c3ccn[nH]3)C2)cc1. The summed E-state index contributed by atoms with van der Waals surface area (Å²) in [5.74, 6) is 0.266. The minimum atomic E-state index is -3.24. The molecule has 1 aliphatic rings. The predicted octanol–water partition coefficient (Wildman–Crippen LogP) is 2.22. The third kappa shape index (κ3) is 3.36. The quantitative estimate of drug-likeness (QED) is 0.919. The van der Waals surface area contributed by atoms with Gasteiger partial charge in [0.2, 0.25) is 0 Å². The van der Waals surface area contributed by atoms with E-state index in [1.165, 1.54) is 12.1 Å². The Morgan fingerprint density at radius 2 is 2.04 bits per heavy atom. The fraction of sp³-hybridized carbons (Fsp3) is 0.412. The fourth-order valence-electron chi connectivity index (χ4n) is 3.06. The lowest BCUT2D eigenvalue weighted by molar-refractivity contribution is 0.0705. The van der Waals surface area contributed by atoms with Gasteiger partial charge in [-0.25, -0.2) is 8.42 Å². The minimum Gasteiger partial charge on any atom is -0.338 e. The molecule has 1 fully saturated rings. The van der Waals surface area contributed by atoms with Crippen LogP contribution in [0.5, 0.6) is 0 Å². The fourth-order valence-corrected chi connectivity index (χ4v) is 3.95. The highest BCUT2D eigenvalue weighted by Gasteiger charge is 2.26. The van der Waals surface area contributed by atoms with Crippen molar-refractivity contribution >= 4 is 15.7 Å². The second-order valence-electron chi connectivity index (χ2n) is 6.03. The van der Waals surface area contributed by atoms with Gasteiger partial charge in [0.1, 0.15) is 0 Å².